The lowest BCUT2D eigenvalue weighted by Gasteiger charge is -2.35. The van der Waals surface area contributed by atoms with Crippen molar-refractivity contribution in [1.29, 1.82) is 0 Å². The Morgan fingerprint density at radius 2 is 1.70 bits per heavy atom. The fourth-order valence-corrected chi connectivity index (χ4v) is 3.59. The van der Waals surface area contributed by atoms with Crippen molar-refractivity contribution in [2.45, 2.75) is 6.92 Å². The van der Waals surface area contributed by atoms with Gasteiger partial charge in [0, 0.05) is 38.9 Å². The maximum absolute atomic E-state index is 13.0. The zero-order valence-electron chi connectivity index (χ0n) is 15.6. The molecule has 1 aliphatic heterocycles. The molecule has 0 saturated carbocycles. The number of benzene rings is 2. The van der Waals surface area contributed by atoms with Crippen LogP contribution in [-0.2, 0) is 7.05 Å². The van der Waals surface area contributed by atoms with Gasteiger partial charge >= 0.3 is 0 Å². The number of piperazine rings is 1. The van der Waals surface area contributed by atoms with Gasteiger partial charge in [0.05, 0.1) is 10.9 Å². The normalized spacial score (nSPS) is 14.6. The van der Waals surface area contributed by atoms with Crippen LogP contribution < -0.4 is 10.3 Å². The van der Waals surface area contributed by atoms with Gasteiger partial charge in [0.2, 0.25) is 5.43 Å². The molecule has 0 N–H and O–H groups in total. The quantitative estimate of drug-likeness (QED) is 0.701. The van der Waals surface area contributed by atoms with Crippen LogP contribution in [0, 0.1) is 6.92 Å². The first-order valence-electron chi connectivity index (χ1n) is 9.11. The molecule has 1 aliphatic rings. The summed E-state index contributed by atoms with van der Waals surface area (Å²) in [5.74, 6) is -0.285. The van der Waals surface area contributed by atoms with E-state index in [9.17, 15) is 9.59 Å². The summed E-state index contributed by atoms with van der Waals surface area (Å²) >= 11 is 0. The van der Waals surface area contributed by atoms with Crippen molar-refractivity contribution in [2.75, 3.05) is 31.1 Å². The molecular formula is C21H22N4O2. The third-order valence-corrected chi connectivity index (χ3v) is 5.10. The Bertz CT molecular complexity index is 1050. The SMILES string of the molecule is Cc1ccc2c(c1)c(=O)c(C(=O)N1CCN(c3ccccc3)CC1)nn2C. The van der Waals surface area contributed by atoms with Gasteiger partial charge in [-0.05, 0) is 31.2 Å². The first-order valence-corrected chi connectivity index (χ1v) is 9.11. The second-order valence-corrected chi connectivity index (χ2v) is 6.94. The molecule has 0 atom stereocenters. The molecule has 27 heavy (non-hydrogen) atoms. The van der Waals surface area contributed by atoms with E-state index in [1.54, 1.807) is 16.6 Å². The average Bonchev–Trinajstić information content (AvgIpc) is 2.71. The summed E-state index contributed by atoms with van der Waals surface area (Å²) < 4.78 is 1.61. The Hall–Kier alpha value is -3.15. The minimum absolute atomic E-state index is 0.00348. The molecule has 4 rings (SSSR count). The molecule has 2 heterocycles. The number of anilines is 1. The van der Waals surface area contributed by atoms with Gasteiger partial charge in [-0.15, -0.1) is 0 Å². The van der Waals surface area contributed by atoms with Gasteiger partial charge in [-0.3, -0.25) is 14.3 Å². The highest BCUT2D eigenvalue weighted by Gasteiger charge is 2.26. The molecule has 0 aliphatic carbocycles. The predicted octanol–water partition coefficient (Wildman–Crippen LogP) is 2.20. The third kappa shape index (κ3) is 3.18. The lowest BCUT2D eigenvalue weighted by molar-refractivity contribution is 0.0737. The van der Waals surface area contributed by atoms with Gasteiger partial charge in [0.25, 0.3) is 5.91 Å². The number of para-hydroxylation sites is 1. The van der Waals surface area contributed by atoms with Gasteiger partial charge in [0.1, 0.15) is 0 Å². The molecule has 6 nitrogen and oxygen atoms in total. The lowest BCUT2D eigenvalue weighted by atomic mass is 10.1. The summed E-state index contributed by atoms with van der Waals surface area (Å²) in [6.45, 7) is 4.56. The molecular weight excluding hydrogens is 340 g/mol. The Morgan fingerprint density at radius 1 is 1.00 bits per heavy atom. The molecule has 1 saturated heterocycles. The molecule has 6 heteroatoms. The molecule has 0 bridgehead atoms. The van der Waals surface area contributed by atoms with E-state index in [2.05, 4.69) is 22.1 Å². The molecule has 1 amide bonds. The van der Waals surface area contributed by atoms with Crippen LogP contribution in [0.1, 0.15) is 16.1 Å². The van der Waals surface area contributed by atoms with Gasteiger partial charge in [0.15, 0.2) is 5.69 Å². The number of rotatable bonds is 2. The molecule has 1 fully saturated rings. The summed E-state index contributed by atoms with van der Waals surface area (Å²) in [6.07, 6.45) is 0. The highest BCUT2D eigenvalue weighted by molar-refractivity contribution is 5.95. The molecule has 0 spiro atoms. The smallest absolute Gasteiger partial charge is 0.278 e. The third-order valence-electron chi connectivity index (χ3n) is 5.10. The van der Waals surface area contributed by atoms with E-state index >= 15 is 0 Å². The highest BCUT2D eigenvalue weighted by Crippen LogP contribution is 2.17. The van der Waals surface area contributed by atoms with E-state index in [1.165, 1.54) is 0 Å². The first-order chi connectivity index (χ1) is 13.0. The number of fused-ring (bicyclic) bond motifs is 1. The van der Waals surface area contributed by atoms with Crippen molar-refractivity contribution in [2.24, 2.45) is 7.05 Å². The number of aromatic nitrogens is 2. The van der Waals surface area contributed by atoms with Gasteiger partial charge < -0.3 is 9.80 Å². The molecule has 1 aromatic heterocycles. The van der Waals surface area contributed by atoms with E-state index in [1.807, 2.05) is 43.3 Å². The van der Waals surface area contributed by atoms with Crippen molar-refractivity contribution < 1.29 is 4.79 Å². The Balaban J connectivity index is 1.59. The average molecular weight is 362 g/mol. The highest BCUT2D eigenvalue weighted by atomic mass is 16.2. The van der Waals surface area contributed by atoms with Crippen LogP contribution in [0.15, 0.2) is 53.3 Å². The number of aryl methyl sites for hydroxylation is 2. The van der Waals surface area contributed by atoms with Crippen molar-refractivity contribution >= 4 is 22.5 Å². The van der Waals surface area contributed by atoms with Gasteiger partial charge in [-0.1, -0.05) is 29.8 Å². The monoisotopic (exact) mass is 362 g/mol. The first kappa shape index (κ1) is 17.3. The fraction of sp³-hybridized carbons (Fsp3) is 0.286. The van der Waals surface area contributed by atoms with Crippen LogP contribution >= 0.6 is 0 Å². The van der Waals surface area contributed by atoms with E-state index in [0.29, 0.717) is 18.5 Å². The summed E-state index contributed by atoms with van der Waals surface area (Å²) in [5, 5.41) is 4.82. The second kappa shape index (κ2) is 6.87. The van der Waals surface area contributed by atoms with E-state index in [-0.39, 0.29) is 17.0 Å². The second-order valence-electron chi connectivity index (χ2n) is 6.94. The van der Waals surface area contributed by atoms with Gasteiger partial charge in [-0.2, -0.15) is 5.10 Å². The number of hydrogen-bond donors (Lipinski definition) is 0. The van der Waals surface area contributed by atoms with Crippen molar-refractivity contribution in [3.63, 3.8) is 0 Å². The fourth-order valence-electron chi connectivity index (χ4n) is 3.59. The van der Waals surface area contributed by atoms with Crippen LogP contribution in [0.5, 0.6) is 0 Å². The van der Waals surface area contributed by atoms with Crippen LogP contribution in [-0.4, -0.2) is 46.8 Å². The standard InChI is InChI=1S/C21H22N4O2/c1-15-8-9-18-17(14-15)20(26)19(22-23(18)2)21(27)25-12-10-24(11-13-25)16-6-4-3-5-7-16/h3-9,14H,10-13H2,1-2H3. The Labute approximate surface area is 157 Å². The maximum atomic E-state index is 13.0. The summed E-state index contributed by atoms with van der Waals surface area (Å²) in [4.78, 5) is 29.8. The number of amides is 1. The number of hydrogen-bond acceptors (Lipinski definition) is 4. The van der Waals surface area contributed by atoms with Crippen molar-refractivity contribution in [1.82, 2.24) is 14.7 Å². The lowest BCUT2D eigenvalue weighted by Crippen LogP contribution is -2.50. The molecule has 2 aromatic carbocycles. The summed E-state index contributed by atoms with van der Waals surface area (Å²) in [7, 11) is 1.77. The van der Waals surface area contributed by atoms with Crippen LogP contribution in [0.3, 0.4) is 0 Å². The van der Waals surface area contributed by atoms with Crippen LogP contribution in [0.2, 0.25) is 0 Å². The van der Waals surface area contributed by atoms with E-state index in [0.717, 1.165) is 29.9 Å². The van der Waals surface area contributed by atoms with Crippen LogP contribution in [0.25, 0.3) is 10.9 Å². The van der Waals surface area contributed by atoms with E-state index < -0.39 is 0 Å². The maximum Gasteiger partial charge on any atom is 0.278 e. The Morgan fingerprint density at radius 3 is 2.41 bits per heavy atom. The molecule has 0 radical (unpaired) electrons. The minimum Gasteiger partial charge on any atom is -0.368 e. The number of carbonyl (C=O) groups is 1. The topological polar surface area (TPSA) is 58.4 Å². The number of nitrogens with zero attached hydrogens (tertiary/aromatic N) is 4. The molecule has 3 aromatic rings. The minimum atomic E-state index is -0.290. The van der Waals surface area contributed by atoms with Crippen LogP contribution in [0.4, 0.5) is 5.69 Å². The predicted molar refractivity (Wildman–Crippen MR) is 106 cm³/mol. The Kier molecular flexibility index (Phi) is 4.39. The van der Waals surface area contributed by atoms with Gasteiger partial charge in [-0.25, -0.2) is 0 Å². The zero-order chi connectivity index (χ0) is 19.0. The van der Waals surface area contributed by atoms with Crippen molar-refractivity contribution in [3.05, 3.63) is 70.0 Å². The van der Waals surface area contributed by atoms with E-state index in [4.69, 9.17) is 0 Å². The molecule has 0 unspecified atom stereocenters. The molecule has 138 valence electrons. The van der Waals surface area contributed by atoms with Crippen molar-refractivity contribution in [3.8, 4) is 0 Å². The largest absolute Gasteiger partial charge is 0.368 e. The zero-order valence-corrected chi connectivity index (χ0v) is 15.6. The number of carbonyl (C=O) groups excluding carboxylic acids is 1. The summed E-state index contributed by atoms with van der Waals surface area (Å²) in [5.41, 5.74) is 2.59. The summed E-state index contributed by atoms with van der Waals surface area (Å²) in [6, 6.07) is 15.8.